The third kappa shape index (κ3) is 2.51. The van der Waals surface area contributed by atoms with Crippen molar-refractivity contribution in [3.05, 3.63) is 29.6 Å². The van der Waals surface area contributed by atoms with Gasteiger partial charge in [0.05, 0.1) is 5.56 Å². The van der Waals surface area contributed by atoms with E-state index in [4.69, 9.17) is 15.9 Å². The molecule has 0 radical (unpaired) electrons. The van der Waals surface area contributed by atoms with Gasteiger partial charge in [-0.05, 0) is 18.1 Å². The quantitative estimate of drug-likeness (QED) is 0.637. The lowest BCUT2D eigenvalue weighted by Gasteiger charge is -2.09. The van der Waals surface area contributed by atoms with Crippen LogP contribution in [0.15, 0.2) is 18.5 Å². The van der Waals surface area contributed by atoms with Crippen LogP contribution in [0.1, 0.15) is 28.4 Å². The minimum absolute atomic E-state index is 0.0293. The summed E-state index contributed by atoms with van der Waals surface area (Å²) in [5, 5.41) is 17.4. The van der Waals surface area contributed by atoms with Crippen LogP contribution in [0.3, 0.4) is 0 Å². The summed E-state index contributed by atoms with van der Waals surface area (Å²) in [4.78, 5) is 14.4. The first-order valence-corrected chi connectivity index (χ1v) is 4.20. The van der Waals surface area contributed by atoms with Crippen LogP contribution in [0.25, 0.3) is 0 Å². The average molecular weight is 196 g/mol. The van der Waals surface area contributed by atoms with Crippen LogP contribution in [0.5, 0.6) is 0 Å². The SMILES string of the molecule is N[C@H](CCO)c1cncc(C(=O)O)c1. The van der Waals surface area contributed by atoms with E-state index in [9.17, 15) is 4.79 Å². The van der Waals surface area contributed by atoms with Gasteiger partial charge in [0.2, 0.25) is 0 Å². The molecule has 0 aliphatic heterocycles. The largest absolute Gasteiger partial charge is 0.478 e. The van der Waals surface area contributed by atoms with Crippen molar-refractivity contribution in [2.75, 3.05) is 6.61 Å². The summed E-state index contributed by atoms with van der Waals surface area (Å²) in [5.74, 6) is -1.03. The number of rotatable bonds is 4. The predicted molar refractivity (Wildman–Crippen MR) is 49.8 cm³/mol. The molecular weight excluding hydrogens is 184 g/mol. The molecule has 76 valence electrons. The van der Waals surface area contributed by atoms with Gasteiger partial charge in [0.1, 0.15) is 0 Å². The number of carbonyl (C=O) groups is 1. The zero-order valence-corrected chi connectivity index (χ0v) is 7.55. The Hall–Kier alpha value is -1.46. The van der Waals surface area contributed by atoms with Crippen molar-refractivity contribution >= 4 is 5.97 Å². The number of carboxylic acid groups (broad SMARTS) is 1. The van der Waals surface area contributed by atoms with E-state index >= 15 is 0 Å². The number of carboxylic acids is 1. The lowest BCUT2D eigenvalue weighted by Crippen LogP contribution is -2.13. The fourth-order valence-electron chi connectivity index (χ4n) is 1.08. The summed E-state index contributed by atoms with van der Waals surface area (Å²) in [5.41, 5.74) is 6.41. The van der Waals surface area contributed by atoms with Crippen molar-refractivity contribution in [1.29, 1.82) is 0 Å². The second kappa shape index (κ2) is 4.69. The molecule has 0 spiro atoms. The highest BCUT2D eigenvalue weighted by Gasteiger charge is 2.09. The number of hydrogen-bond acceptors (Lipinski definition) is 4. The number of nitrogens with zero attached hydrogens (tertiary/aromatic N) is 1. The second-order valence-corrected chi connectivity index (χ2v) is 2.93. The Morgan fingerprint density at radius 1 is 1.57 bits per heavy atom. The molecule has 0 unspecified atom stereocenters. The molecular formula is C9H12N2O3. The lowest BCUT2D eigenvalue weighted by atomic mass is 10.1. The van der Waals surface area contributed by atoms with Crippen LogP contribution in [0.4, 0.5) is 0 Å². The molecule has 1 rings (SSSR count). The molecule has 0 aliphatic carbocycles. The van der Waals surface area contributed by atoms with Gasteiger partial charge < -0.3 is 15.9 Å². The minimum atomic E-state index is -1.03. The summed E-state index contributed by atoms with van der Waals surface area (Å²) < 4.78 is 0. The summed E-state index contributed by atoms with van der Waals surface area (Å²) in [7, 11) is 0. The number of nitrogens with two attached hydrogens (primary N) is 1. The Morgan fingerprint density at radius 2 is 2.29 bits per heavy atom. The number of aromatic nitrogens is 1. The number of aliphatic hydroxyl groups is 1. The van der Waals surface area contributed by atoms with Gasteiger partial charge in [-0.25, -0.2) is 4.79 Å². The second-order valence-electron chi connectivity index (χ2n) is 2.93. The van der Waals surface area contributed by atoms with E-state index < -0.39 is 5.97 Å². The summed E-state index contributed by atoms with van der Waals surface area (Å²) >= 11 is 0. The minimum Gasteiger partial charge on any atom is -0.478 e. The molecule has 0 amide bonds. The molecule has 0 saturated carbocycles. The topological polar surface area (TPSA) is 96.4 Å². The zero-order chi connectivity index (χ0) is 10.6. The van der Waals surface area contributed by atoms with Crippen molar-refractivity contribution < 1.29 is 15.0 Å². The standard InChI is InChI=1S/C9H12N2O3/c10-8(1-2-12)6-3-7(9(13)14)5-11-4-6/h3-5,8,12H,1-2,10H2,(H,13,14)/t8-/m1/s1. The van der Waals surface area contributed by atoms with Crippen LogP contribution in [0, 0.1) is 0 Å². The van der Waals surface area contributed by atoms with Gasteiger partial charge in [-0.1, -0.05) is 0 Å². The van der Waals surface area contributed by atoms with Gasteiger partial charge in [-0.15, -0.1) is 0 Å². The molecule has 1 atom stereocenters. The van der Waals surface area contributed by atoms with Crippen LogP contribution < -0.4 is 5.73 Å². The average Bonchev–Trinajstić information content (AvgIpc) is 2.18. The Bertz CT molecular complexity index is 328. The first kappa shape index (κ1) is 10.6. The van der Waals surface area contributed by atoms with Gasteiger partial charge in [0.15, 0.2) is 0 Å². The van der Waals surface area contributed by atoms with Crippen molar-refractivity contribution in [2.45, 2.75) is 12.5 Å². The Morgan fingerprint density at radius 3 is 2.86 bits per heavy atom. The van der Waals surface area contributed by atoms with Crippen molar-refractivity contribution in [1.82, 2.24) is 4.98 Å². The summed E-state index contributed by atoms with van der Waals surface area (Å²) in [6, 6.07) is 1.10. The van der Waals surface area contributed by atoms with Gasteiger partial charge in [-0.2, -0.15) is 0 Å². The molecule has 5 heteroatoms. The van der Waals surface area contributed by atoms with E-state index in [1.54, 1.807) is 0 Å². The molecule has 14 heavy (non-hydrogen) atoms. The van der Waals surface area contributed by atoms with Gasteiger partial charge in [0.25, 0.3) is 0 Å². The van der Waals surface area contributed by atoms with Crippen molar-refractivity contribution in [2.24, 2.45) is 5.73 Å². The van der Waals surface area contributed by atoms with Crippen molar-refractivity contribution in [3.8, 4) is 0 Å². The maximum absolute atomic E-state index is 10.6. The third-order valence-corrected chi connectivity index (χ3v) is 1.87. The molecule has 1 heterocycles. The fraction of sp³-hybridized carbons (Fsp3) is 0.333. The van der Waals surface area contributed by atoms with Crippen molar-refractivity contribution in [3.63, 3.8) is 0 Å². The van der Waals surface area contributed by atoms with Crippen LogP contribution in [-0.4, -0.2) is 27.8 Å². The Kier molecular flexibility index (Phi) is 3.55. The third-order valence-electron chi connectivity index (χ3n) is 1.87. The predicted octanol–water partition coefficient (Wildman–Crippen LogP) is 0.162. The molecule has 4 N–H and O–H groups in total. The number of aromatic carboxylic acids is 1. The first-order chi connectivity index (χ1) is 6.65. The van der Waals surface area contributed by atoms with E-state index in [2.05, 4.69) is 4.98 Å². The molecule has 5 nitrogen and oxygen atoms in total. The normalized spacial score (nSPS) is 12.4. The lowest BCUT2D eigenvalue weighted by molar-refractivity contribution is 0.0696. The molecule has 0 saturated heterocycles. The van der Waals surface area contributed by atoms with Crippen LogP contribution in [0.2, 0.25) is 0 Å². The molecule has 0 fully saturated rings. The highest BCUT2D eigenvalue weighted by atomic mass is 16.4. The summed E-state index contributed by atoms with van der Waals surface area (Å²) in [6.45, 7) is -0.0293. The van der Waals surface area contributed by atoms with E-state index in [-0.39, 0.29) is 18.2 Å². The molecule has 0 aliphatic rings. The highest BCUT2D eigenvalue weighted by molar-refractivity contribution is 5.87. The van der Waals surface area contributed by atoms with E-state index in [0.29, 0.717) is 12.0 Å². The molecule has 1 aromatic heterocycles. The maximum Gasteiger partial charge on any atom is 0.337 e. The van der Waals surface area contributed by atoms with E-state index in [1.165, 1.54) is 18.5 Å². The Labute approximate surface area is 81.2 Å². The fourth-order valence-corrected chi connectivity index (χ4v) is 1.08. The smallest absolute Gasteiger partial charge is 0.337 e. The zero-order valence-electron chi connectivity index (χ0n) is 7.55. The van der Waals surface area contributed by atoms with Gasteiger partial charge in [0, 0.05) is 25.0 Å². The van der Waals surface area contributed by atoms with E-state index in [0.717, 1.165) is 0 Å². The van der Waals surface area contributed by atoms with Crippen LogP contribution in [-0.2, 0) is 0 Å². The monoisotopic (exact) mass is 196 g/mol. The molecule has 0 bridgehead atoms. The molecule has 0 aromatic carbocycles. The van der Waals surface area contributed by atoms with Gasteiger partial charge >= 0.3 is 5.97 Å². The maximum atomic E-state index is 10.6. The number of hydrogen-bond donors (Lipinski definition) is 3. The number of pyridine rings is 1. The summed E-state index contributed by atoms with van der Waals surface area (Å²) in [6.07, 6.45) is 3.16. The Balaban J connectivity index is 2.87. The highest BCUT2D eigenvalue weighted by Crippen LogP contribution is 2.13. The van der Waals surface area contributed by atoms with Gasteiger partial charge in [-0.3, -0.25) is 4.98 Å². The first-order valence-electron chi connectivity index (χ1n) is 4.20. The molecule has 1 aromatic rings. The van der Waals surface area contributed by atoms with Crippen LogP contribution >= 0.6 is 0 Å². The van der Waals surface area contributed by atoms with E-state index in [1.807, 2.05) is 0 Å². The number of aliphatic hydroxyl groups excluding tert-OH is 1.